The Kier molecular flexibility index (Phi) is 4.67. The van der Waals surface area contributed by atoms with Crippen LogP contribution in [0.3, 0.4) is 0 Å². The molecular formula is C10H17N3O2S. The fraction of sp³-hybridized carbons (Fsp3) is 0.600. The summed E-state index contributed by atoms with van der Waals surface area (Å²) in [5, 5.41) is 0. The predicted molar refractivity (Wildman–Crippen MR) is 65.7 cm³/mol. The van der Waals surface area contributed by atoms with E-state index in [0.29, 0.717) is 5.82 Å². The number of carbonyl (C=O) groups is 1. The molecule has 1 atom stereocenters. The normalized spacial score (nSPS) is 12.4. The highest BCUT2D eigenvalue weighted by Crippen LogP contribution is 2.20. The maximum atomic E-state index is 11.3. The van der Waals surface area contributed by atoms with Gasteiger partial charge in [-0.15, -0.1) is 0 Å². The van der Waals surface area contributed by atoms with Crippen molar-refractivity contribution in [3.8, 4) is 0 Å². The fourth-order valence-corrected chi connectivity index (χ4v) is 1.98. The zero-order valence-corrected chi connectivity index (χ0v) is 10.6. The molecule has 90 valence electrons. The Balaban J connectivity index is 2.82. The van der Waals surface area contributed by atoms with Gasteiger partial charge in [-0.05, 0) is 25.4 Å². The Labute approximate surface area is 99.4 Å². The molecule has 0 spiro atoms. The first-order valence-corrected chi connectivity index (χ1v) is 6.40. The van der Waals surface area contributed by atoms with Gasteiger partial charge >= 0.3 is 5.97 Å². The minimum absolute atomic E-state index is 0.193. The summed E-state index contributed by atoms with van der Waals surface area (Å²) in [7, 11) is 1.32. The predicted octanol–water partition coefficient (Wildman–Crippen LogP) is 1.57. The second-order valence-electron chi connectivity index (χ2n) is 3.51. The molecule has 0 radical (unpaired) electrons. The number of rotatable bonds is 5. The van der Waals surface area contributed by atoms with Crippen LogP contribution in [0.15, 0.2) is 6.33 Å². The molecule has 1 unspecified atom stereocenters. The number of hydrogen-bond donors (Lipinski definition) is 1. The minimum atomic E-state index is -0.492. The molecule has 1 aromatic heterocycles. The molecule has 5 nitrogen and oxygen atoms in total. The first-order valence-electron chi connectivity index (χ1n) is 5.01. The highest BCUT2D eigenvalue weighted by molar-refractivity contribution is 7.98. The number of nitrogens with two attached hydrogens (primary N) is 1. The molecule has 1 heterocycles. The third kappa shape index (κ3) is 2.69. The summed E-state index contributed by atoms with van der Waals surface area (Å²) in [5.74, 6) is 0.931. The summed E-state index contributed by atoms with van der Waals surface area (Å²) in [4.78, 5) is 15.3. The van der Waals surface area contributed by atoms with E-state index in [4.69, 9.17) is 5.73 Å². The average Bonchev–Trinajstić information content (AvgIpc) is 2.67. The van der Waals surface area contributed by atoms with Crippen LogP contribution in [-0.4, -0.2) is 34.6 Å². The highest BCUT2D eigenvalue weighted by Gasteiger charge is 2.18. The van der Waals surface area contributed by atoms with Gasteiger partial charge in [0.2, 0.25) is 0 Å². The second kappa shape index (κ2) is 5.79. The Morgan fingerprint density at radius 2 is 2.44 bits per heavy atom. The monoisotopic (exact) mass is 243 g/mol. The molecule has 2 N–H and O–H groups in total. The fourth-order valence-electron chi connectivity index (χ4n) is 1.40. The zero-order valence-electron chi connectivity index (χ0n) is 9.77. The van der Waals surface area contributed by atoms with Gasteiger partial charge in [0.15, 0.2) is 5.69 Å². The van der Waals surface area contributed by atoms with Crippen molar-refractivity contribution in [1.29, 1.82) is 0 Å². The lowest BCUT2D eigenvalue weighted by molar-refractivity contribution is 0.0596. The quantitative estimate of drug-likeness (QED) is 0.795. The number of imidazole rings is 1. The molecule has 0 aliphatic rings. The first kappa shape index (κ1) is 12.9. The molecule has 1 rings (SSSR count). The number of esters is 1. The highest BCUT2D eigenvalue weighted by atomic mass is 32.2. The smallest absolute Gasteiger partial charge is 0.360 e. The molecule has 0 bridgehead atoms. The number of hydrogen-bond acceptors (Lipinski definition) is 5. The molecule has 0 amide bonds. The van der Waals surface area contributed by atoms with Gasteiger partial charge in [0.1, 0.15) is 5.82 Å². The molecule has 0 aromatic carbocycles. The molecule has 0 saturated heterocycles. The van der Waals surface area contributed by atoms with Crippen LogP contribution in [0.4, 0.5) is 5.82 Å². The summed E-state index contributed by atoms with van der Waals surface area (Å²) in [6, 6.07) is 0.235. The lowest BCUT2D eigenvalue weighted by atomic mass is 10.2. The Morgan fingerprint density at radius 1 is 1.75 bits per heavy atom. The number of ether oxygens (including phenoxy) is 1. The van der Waals surface area contributed by atoms with Crippen molar-refractivity contribution >= 4 is 23.5 Å². The molecule has 6 heteroatoms. The number of carbonyl (C=O) groups excluding carboxylic acids is 1. The van der Waals surface area contributed by atoms with Gasteiger partial charge in [-0.1, -0.05) is 0 Å². The van der Waals surface area contributed by atoms with Gasteiger partial charge < -0.3 is 15.0 Å². The van der Waals surface area contributed by atoms with Crippen molar-refractivity contribution in [1.82, 2.24) is 9.55 Å². The number of nitrogen functional groups attached to an aromatic ring is 1. The standard InChI is InChI=1S/C10H17N3O2S/c1-7(4-5-16-3)13-6-12-8(9(13)11)10(14)15-2/h6-7H,4-5,11H2,1-3H3. The van der Waals surface area contributed by atoms with Crippen LogP contribution in [0, 0.1) is 0 Å². The molecular weight excluding hydrogens is 226 g/mol. The van der Waals surface area contributed by atoms with Gasteiger partial charge in [0, 0.05) is 6.04 Å². The zero-order chi connectivity index (χ0) is 12.1. The summed E-state index contributed by atoms with van der Waals surface area (Å²) in [6.45, 7) is 2.05. The van der Waals surface area contributed by atoms with Gasteiger partial charge in [-0.25, -0.2) is 9.78 Å². The van der Waals surface area contributed by atoms with Crippen molar-refractivity contribution in [2.24, 2.45) is 0 Å². The topological polar surface area (TPSA) is 70.1 Å². The van der Waals surface area contributed by atoms with Crippen LogP contribution in [0.5, 0.6) is 0 Å². The SMILES string of the molecule is COC(=O)c1ncn(C(C)CCSC)c1N. The van der Waals surface area contributed by atoms with E-state index in [2.05, 4.69) is 22.9 Å². The van der Waals surface area contributed by atoms with Gasteiger partial charge in [0.25, 0.3) is 0 Å². The van der Waals surface area contributed by atoms with E-state index >= 15 is 0 Å². The van der Waals surface area contributed by atoms with E-state index in [1.54, 1.807) is 18.1 Å². The third-order valence-corrected chi connectivity index (χ3v) is 3.07. The average molecular weight is 243 g/mol. The van der Waals surface area contributed by atoms with Crippen LogP contribution in [0.1, 0.15) is 29.9 Å². The van der Waals surface area contributed by atoms with E-state index in [1.165, 1.54) is 7.11 Å². The molecule has 1 aromatic rings. The first-order chi connectivity index (χ1) is 7.61. The molecule has 0 fully saturated rings. The number of thioether (sulfide) groups is 1. The maximum Gasteiger partial charge on any atom is 0.360 e. The van der Waals surface area contributed by atoms with Crippen LogP contribution < -0.4 is 5.73 Å². The van der Waals surface area contributed by atoms with Crippen LogP contribution in [0.2, 0.25) is 0 Å². The lowest BCUT2D eigenvalue weighted by Gasteiger charge is -2.14. The summed E-state index contributed by atoms with van der Waals surface area (Å²) in [5.41, 5.74) is 6.04. The third-order valence-electron chi connectivity index (χ3n) is 2.43. The van der Waals surface area contributed by atoms with Crippen LogP contribution in [0.25, 0.3) is 0 Å². The van der Waals surface area contributed by atoms with Crippen molar-refractivity contribution < 1.29 is 9.53 Å². The van der Waals surface area contributed by atoms with Crippen molar-refractivity contribution in [2.75, 3.05) is 24.9 Å². The lowest BCUT2D eigenvalue weighted by Crippen LogP contribution is -2.11. The van der Waals surface area contributed by atoms with Crippen molar-refractivity contribution in [3.63, 3.8) is 0 Å². The molecule has 0 aliphatic heterocycles. The van der Waals surface area contributed by atoms with Gasteiger partial charge in [-0.2, -0.15) is 11.8 Å². The largest absolute Gasteiger partial charge is 0.464 e. The maximum absolute atomic E-state index is 11.3. The summed E-state index contributed by atoms with van der Waals surface area (Å²) < 4.78 is 6.40. The Bertz CT molecular complexity index is 365. The van der Waals surface area contributed by atoms with Gasteiger partial charge in [-0.3, -0.25) is 0 Å². The van der Waals surface area contributed by atoms with Crippen molar-refractivity contribution in [3.05, 3.63) is 12.0 Å². The number of anilines is 1. The minimum Gasteiger partial charge on any atom is -0.464 e. The van der Waals surface area contributed by atoms with E-state index in [1.807, 2.05) is 4.57 Å². The second-order valence-corrected chi connectivity index (χ2v) is 4.49. The Hall–Kier alpha value is -1.17. The summed E-state index contributed by atoms with van der Waals surface area (Å²) >= 11 is 1.78. The van der Waals surface area contributed by atoms with Crippen LogP contribution >= 0.6 is 11.8 Å². The number of methoxy groups -OCH3 is 1. The van der Waals surface area contributed by atoms with Gasteiger partial charge in [0.05, 0.1) is 13.4 Å². The number of nitrogens with zero attached hydrogens (tertiary/aromatic N) is 2. The van der Waals surface area contributed by atoms with E-state index in [-0.39, 0.29) is 11.7 Å². The molecule has 16 heavy (non-hydrogen) atoms. The van der Waals surface area contributed by atoms with Crippen molar-refractivity contribution in [2.45, 2.75) is 19.4 Å². The molecule has 0 saturated carbocycles. The Morgan fingerprint density at radius 3 is 3.00 bits per heavy atom. The van der Waals surface area contributed by atoms with E-state index < -0.39 is 5.97 Å². The van der Waals surface area contributed by atoms with E-state index in [9.17, 15) is 4.79 Å². The summed E-state index contributed by atoms with van der Waals surface area (Å²) in [6.07, 6.45) is 4.64. The van der Waals surface area contributed by atoms with E-state index in [0.717, 1.165) is 12.2 Å². The van der Waals surface area contributed by atoms with Crippen LogP contribution in [-0.2, 0) is 4.74 Å². The number of aromatic nitrogens is 2. The molecule has 0 aliphatic carbocycles.